The molecule has 0 unspecified atom stereocenters. The summed E-state index contributed by atoms with van der Waals surface area (Å²) in [6.45, 7) is 10.5. The molecule has 2 aromatic rings. The monoisotopic (exact) mass is 368 g/mol. The quantitative estimate of drug-likeness (QED) is 0.845. The van der Waals surface area contributed by atoms with Gasteiger partial charge in [0.2, 0.25) is 0 Å². The summed E-state index contributed by atoms with van der Waals surface area (Å²) < 4.78 is 2.01. The number of carbonyl (C=O) groups excluding carboxylic acids is 1. The zero-order valence-corrected chi connectivity index (χ0v) is 16.8. The van der Waals surface area contributed by atoms with E-state index in [4.69, 9.17) is 0 Å². The minimum absolute atomic E-state index is 0.0143. The molecule has 1 N–H and O–H groups in total. The van der Waals surface area contributed by atoms with Crippen molar-refractivity contribution >= 4 is 5.91 Å². The summed E-state index contributed by atoms with van der Waals surface area (Å²) in [5.41, 5.74) is 1.95. The number of benzene rings is 1. The van der Waals surface area contributed by atoms with Gasteiger partial charge in [0, 0.05) is 31.0 Å². The number of hydrogen-bond acceptors (Lipinski definition) is 3. The van der Waals surface area contributed by atoms with Crippen molar-refractivity contribution < 1.29 is 4.79 Å². The maximum absolute atomic E-state index is 12.8. The molecule has 0 bridgehead atoms. The molecule has 1 amide bonds. The van der Waals surface area contributed by atoms with E-state index >= 15 is 0 Å². The Balaban J connectivity index is 1.61. The first-order valence-corrected chi connectivity index (χ1v) is 10.00. The summed E-state index contributed by atoms with van der Waals surface area (Å²) in [6, 6.07) is 8.10. The van der Waals surface area contributed by atoms with Crippen LogP contribution >= 0.6 is 0 Å². The Morgan fingerprint density at radius 1 is 1.15 bits per heavy atom. The first-order chi connectivity index (χ1) is 12.9. The van der Waals surface area contributed by atoms with Gasteiger partial charge in [-0.2, -0.15) is 0 Å². The van der Waals surface area contributed by atoms with Gasteiger partial charge >= 0.3 is 0 Å². The third kappa shape index (κ3) is 5.67. The fourth-order valence-corrected chi connectivity index (χ4v) is 3.52. The van der Waals surface area contributed by atoms with Crippen molar-refractivity contribution in [3.8, 4) is 0 Å². The highest BCUT2D eigenvalue weighted by Crippen LogP contribution is 2.21. The maximum Gasteiger partial charge on any atom is 0.251 e. The lowest BCUT2D eigenvalue weighted by atomic mass is 9.86. The van der Waals surface area contributed by atoms with Crippen LogP contribution in [0.1, 0.15) is 56.0 Å². The lowest BCUT2D eigenvalue weighted by molar-refractivity contribution is 0.0892. The van der Waals surface area contributed by atoms with E-state index in [1.165, 1.54) is 37.9 Å². The minimum Gasteiger partial charge on any atom is -0.347 e. The van der Waals surface area contributed by atoms with Gasteiger partial charge in [-0.25, -0.2) is 4.98 Å². The Labute approximate surface area is 162 Å². The van der Waals surface area contributed by atoms with Crippen LogP contribution in [0.3, 0.4) is 0 Å². The van der Waals surface area contributed by atoms with E-state index in [1.807, 2.05) is 22.9 Å². The predicted molar refractivity (Wildman–Crippen MR) is 109 cm³/mol. The van der Waals surface area contributed by atoms with E-state index < -0.39 is 0 Å². The molecule has 3 rings (SSSR count). The Morgan fingerprint density at radius 2 is 1.85 bits per heavy atom. The highest BCUT2D eigenvalue weighted by atomic mass is 16.1. The van der Waals surface area contributed by atoms with Crippen LogP contribution in [0.5, 0.6) is 0 Å². The van der Waals surface area contributed by atoms with Crippen molar-refractivity contribution in [3.05, 3.63) is 54.1 Å². The SMILES string of the molecule is CC(C)(C)[C@H](Cn1ccnc1)NC(=O)c1ccc(CN2CCCCC2)cc1. The minimum atomic E-state index is -0.0475. The molecule has 1 aliphatic rings. The first-order valence-electron chi connectivity index (χ1n) is 10.00. The Morgan fingerprint density at radius 3 is 2.44 bits per heavy atom. The van der Waals surface area contributed by atoms with Gasteiger partial charge in [-0.05, 0) is 49.0 Å². The van der Waals surface area contributed by atoms with E-state index in [0.717, 1.165) is 12.1 Å². The lowest BCUT2D eigenvalue weighted by Crippen LogP contribution is -2.46. The van der Waals surface area contributed by atoms with Crippen LogP contribution in [-0.4, -0.2) is 39.5 Å². The fourth-order valence-electron chi connectivity index (χ4n) is 3.52. The number of carbonyl (C=O) groups is 1. The molecule has 0 aliphatic carbocycles. The summed E-state index contributed by atoms with van der Waals surface area (Å²) in [4.78, 5) is 19.4. The van der Waals surface area contributed by atoms with Crippen LogP contribution in [0.25, 0.3) is 0 Å². The van der Waals surface area contributed by atoms with E-state index in [1.54, 1.807) is 12.5 Å². The molecule has 1 aromatic carbocycles. The van der Waals surface area contributed by atoms with Crippen molar-refractivity contribution in [1.29, 1.82) is 0 Å². The van der Waals surface area contributed by atoms with Gasteiger partial charge in [0.1, 0.15) is 0 Å². The molecule has 27 heavy (non-hydrogen) atoms. The molecular weight excluding hydrogens is 336 g/mol. The number of piperidine rings is 1. The number of nitrogens with one attached hydrogen (secondary N) is 1. The molecule has 0 spiro atoms. The van der Waals surface area contributed by atoms with Crippen molar-refractivity contribution in [3.63, 3.8) is 0 Å². The molecule has 2 heterocycles. The highest BCUT2D eigenvalue weighted by molar-refractivity contribution is 5.94. The zero-order chi connectivity index (χ0) is 19.3. The molecule has 0 saturated carbocycles. The number of amides is 1. The molecule has 1 fully saturated rings. The second-order valence-corrected chi connectivity index (χ2v) is 8.69. The molecule has 1 aromatic heterocycles. The van der Waals surface area contributed by atoms with Crippen LogP contribution < -0.4 is 5.32 Å². The third-order valence-corrected chi connectivity index (χ3v) is 5.37. The number of likely N-dealkylation sites (tertiary alicyclic amines) is 1. The summed E-state index contributed by atoms with van der Waals surface area (Å²) in [6.07, 6.45) is 9.43. The van der Waals surface area contributed by atoms with Gasteiger partial charge in [0.05, 0.1) is 12.4 Å². The van der Waals surface area contributed by atoms with Crippen LogP contribution in [0.2, 0.25) is 0 Å². The molecule has 146 valence electrons. The first kappa shape index (κ1) is 19.6. The Kier molecular flexibility index (Phi) is 6.32. The second-order valence-electron chi connectivity index (χ2n) is 8.69. The zero-order valence-electron chi connectivity index (χ0n) is 16.8. The van der Waals surface area contributed by atoms with Crippen LogP contribution in [0.15, 0.2) is 43.0 Å². The highest BCUT2D eigenvalue weighted by Gasteiger charge is 2.27. The Hall–Kier alpha value is -2.14. The number of hydrogen-bond donors (Lipinski definition) is 1. The number of imidazole rings is 1. The largest absolute Gasteiger partial charge is 0.347 e. The number of nitrogens with zero attached hydrogens (tertiary/aromatic N) is 3. The van der Waals surface area contributed by atoms with Gasteiger partial charge in [0.15, 0.2) is 0 Å². The molecule has 0 radical (unpaired) electrons. The van der Waals surface area contributed by atoms with Crippen molar-refractivity contribution in [2.45, 2.75) is 59.2 Å². The smallest absolute Gasteiger partial charge is 0.251 e. The maximum atomic E-state index is 12.8. The third-order valence-electron chi connectivity index (χ3n) is 5.37. The molecule has 1 saturated heterocycles. The van der Waals surface area contributed by atoms with E-state index in [9.17, 15) is 4.79 Å². The number of rotatable bonds is 6. The van der Waals surface area contributed by atoms with Gasteiger partial charge in [0.25, 0.3) is 5.91 Å². The van der Waals surface area contributed by atoms with E-state index in [2.05, 4.69) is 48.1 Å². The standard InChI is InChI=1S/C22H32N4O/c1-22(2,3)20(16-26-14-11-23-17-26)24-21(27)19-9-7-18(8-10-19)15-25-12-5-4-6-13-25/h7-11,14,17,20H,4-6,12-13,15-16H2,1-3H3,(H,24,27)/t20-/m0/s1. The summed E-state index contributed by atoms with van der Waals surface area (Å²) in [5, 5.41) is 3.21. The predicted octanol–water partition coefficient (Wildman–Crippen LogP) is 3.71. The number of aromatic nitrogens is 2. The normalized spacial score (nSPS) is 16.9. The van der Waals surface area contributed by atoms with Gasteiger partial charge in [-0.15, -0.1) is 0 Å². The van der Waals surface area contributed by atoms with Crippen molar-refractivity contribution in [1.82, 2.24) is 19.8 Å². The molecule has 1 aliphatic heterocycles. The average molecular weight is 369 g/mol. The summed E-state index contributed by atoms with van der Waals surface area (Å²) >= 11 is 0. The summed E-state index contributed by atoms with van der Waals surface area (Å²) in [5.74, 6) is -0.0143. The lowest BCUT2D eigenvalue weighted by Gasteiger charge is -2.32. The topological polar surface area (TPSA) is 50.2 Å². The molecule has 5 heteroatoms. The van der Waals surface area contributed by atoms with E-state index in [0.29, 0.717) is 6.54 Å². The molecule has 1 atom stereocenters. The summed E-state index contributed by atoms with van der Waals surface area (Å²) in [7, 11) is 0. The van der Waals surface area contributed by atoms with Crippen molar-refractivity contribution in [2.75, 3.05) is 13.1 Å². The van der Waals surface area contributed by atoms with Crippen LogP contribution in [0, 0.1) is 5.41 Å². The van der Waals surface area contributed by atoms with Crippen molar-refractivity contribution in [2.24, 2.45) is 5.41 Å². The van der Waals surface area contributed by atoms with Gasteiger partial charge < -0.3 is 9.88 Å². The van der Waals surface area contributed by atoms with Gasteiger partial charge in [-0.1, -0.05) is 39.3 Å². The van der Waals surface area contributed by atoms with Crippen LogP contribution in [0.4, 0.5) is 0 Å². The molecular formula is C22H32N4O. The Bertz CT molecular complexity index is 710. The van der Waals surface area contributed by atoms with Crippen LogP contribution in [-0.2, 0) is 13.1 Å². The second kappa shape index (κ2) is 8.70. The fraction of sp³-hybridized carbons (Fsp3) is 0.545. The van der Waals surface area contributed by atoms with Gasteiger partial charge in [-0.3, -0.25) is 9.69 Å². The molecule has 5 nitrogen and oxygen atoms in total. The average Bonchev–Trinajstić information content (AvgIpc) is 3.15. The van der Waals surface area contributed by atoms with E-state index in [-0.39, 0.29) is 17.4 Å².